The molecule has 39 heteroatoms. The Morgan fingerprint density at radius 1 is 0.530 bits per heavy atom. The standard InChI is InChI=1S/C76H115N21O18/c1-9-41(6)63(73(112)88-43(8)75(114)115)96-70(109)56(34-45-36-84-50-21-13-11-19-47(45)50)94-68(107)54(26-28-61(101)102)92-69(108)55(32-39(2)3)90-60(100)37-85-65(104)51(22-14-15-29-77)89-59(99)38-86-71(110)57-24-17-31-97(57)74(113)42(7)87-66(105)53(25-27-58(79)98)91-67(106)52(23-16-30-82-76(80)81)93-72(111)62(40(4)5)95-64(103)48(78)33-44-35-83-49-20-12-10-18-46(44)49/h10-13,18-21,35-36,39-43,48,51-57,62-63,83-84H,9,14-17,22-34,37-38,77-78H2,1-8H3,(H2,79,98)(H,85,104)(H,86,110)(H,87,105)(H,88,112)(H,89,99)(H,90,100)(H,91,106)(H,92,108)(H,93,111)(H,94,107)(H,95,103)(H,96,109)(H,101,102)(H,114,115)(H4,80,81,82)/t41-,42-,43-,48-,51-,52-,53-,54-,55-,56-,57-,62-,63-/m0/s1. The molecule has 5 rings (SSSR count). The topological polar surface area (TPSA) is 635 Å². The molecule has 0 aliphatic carbocycles. The molecule has 14 amide bonds. The number of carbonyl (C=O) groups is 16. The van der Waals surface area contributed by atoms with Gasteiger partial charge in [0.1, 0.15) is 66.5 Å². The van der Waals surface area contributed by atoms with Crippen LogP contribution >= 0.6 is 0 Å². The third-order valence-electron chi connectivity index (χ3n) is 19.5. The number of hydrogen-bond donors (Lipinski definition) is 21. The second-order valence-electron chi connectivity index (χ2n) is 29.5. The van der Waals surface area contributed by atoms with E-state index >= 15 is 0 Å². The maximum absolute atomic E-state index is 14.4. The smallest absolute Gasteiger partial charge is 0.325 e. The Kier molecular flexibility index (Phi) is 37.9. The number of amides is 14. The van der Waals surface area contributed by atoms with Crippen LogP contribution < -0.4 is 92.5 Å². The Hall–Kier alpha value is -11.8. The van der Waals surface area contributed by atoms with E-state index in [1.54, 1.807) is 78.2 Å². The summed E-state index contributed by atoms with van der Waals surface area (Å²) >= 11 is 0. The van der Waals surface area contributed by atoms with Crippen LogP contribution in [0.2, 0.25) is 0 Å². The predicted octanol–water partition coefficient (Wildman–Crippen LogP) is -2.98. The molecule has 0 unspecified atom stereocenters. The molecule has 1 saturated heterocycles. The average Bonchev–Trinajstić information content (AvgIpc) is 1.76. The van der Waals surface area contributed by atoms with Crippen molar-refractivity contribution in [1.29, 1.82) is 0 Å². The van der Waals surface area contributed by atoms with Gasteiger partial charge in [0.2, 0.25) is 82.7 Å². The molecule has 4 aromatic rings. The van der Waals surface area contributed by atoms with E-state index in [4.69, 9.17) is 28.7 Å². The van der Waals surface area contributed by atoms with Crippen molar-refractivity contribution in [2.45, 2.75) is 224 Å². The minimum absolute atomic E-state index is 0.00379. The molecule has 0 radical (unpaired) electrons. The van der Waals surface area contributed by atoms with Gasteiger partial charge in [-0.1, -0.05) is 84.4 Å². The number of nitrogens with zero attached hydrogens (tertiary/aromatic N) is 2. The predicted molar refractivity (Wildman–Crippen MR) is 423 cm³/mol. The zero-order valence-corrected chi connectivity index (χ0v) is 66.3. The van der Waals surface area contributed by atoms with Gasteiger partial charge in [0.05, 0.1) is 19.1 Å². The summed E-state index contributed by atoms with van der Waals surface area (Å²) in [5.41, 5.74) is 31.5. The van der Waals surface area contributed by atoms with Gasteiger partial charge in [0, 0.05) is 66.6 Å². The molecule has 0 bridgehead atoms. The maximum atomic E-state index is 14.4. The first kappa shape index (κ1) is 93.8. The molecule has 0 spiro atoms. The second-order valence-corrected chi connectivity index (χ2v) is 29.5. The molecule has 0 saturated carbocycles. The molecule has 632 valence electrons. The molecule has 3 heterocycles. The van der Waals surface area contributed by atoms with Crippen molar-refractivity contribution in [3.05, 3.63) is 72.1 Å². The summed E-state index contributed by atoms with van der Waals surface area (Å²) in [5, 5.41) is 51.5. The highest BCUT2D eigenvalue weighted by molar-refractivity contribution is 6.00. The van der Waals surface area contributed by atoms with Gasteiger partial charge in [-0.25, -0.2) is 0 Å². The van der Waals surface area contributed by atoms with Crippen LogP contribution in [0.5, 0.6) is 0 Å². The number of likely N-dealkylation sites (tertiary alicyclic amines) is 1. The van der Waals surface area contributed by atoms with Crippen LogP contribution in [0.4, 0.5) is 0 Å². The van der Waals surface area contributed by atoms with Crippen LogP contribution in [0.25, 0.3) is 21.8 Å². The average molecular weight is 1610 g/mol. The van der Waals surface area contributed by atoms with Gasteiger partial charge >= 0.3 is 11.9 Å². The lowest BCUT2D eigenvalue weighted by Gasteiger charge is -2.29. The SMILES string of the molecule is CC[C@H](C)[C@H](NC(=O)[C@H](Cc1c[nH]c2ccccc12)NC(=O)[C@H](CCC(=O)O)NC(=O)[C@H](CC(C)C)NC(=O)CNC(=O)[C@H](CCCCN)NC(=O)CNC(=O)[C@@H]1CCCN1C(=O)[C@H](C)NC(=O)[C@H](CCC(N)=O)NC(=O)[C@H](CCCN=C(N)N)NC(=O)[C@@H](NC(=O)[C@@H](N)Cc1c[nH]c2ccccc12)C(C)C)C(=O)N[C@@H](C)C(=O)O. The number of H-pyrrole nitrogens is 2. The van der Waals surface area contributed by atoms with Crippen LogP contribution in [0.1, 0.15) is 150 Å². The highest BCUT2D eigenvalue weighted by Gasteiger charge is 2.40. The fourth-order valence-electron chi connectivity index (χ4n) is 12.9. The van der Waals surface area contributed by atoms with Crippen molar-refractivity contribution in [3.8, 4) is 0 Å². The van der Waals surface area contributed by atoms with Crippen LogP contribution in [-0.2, 0) is 89.6 Å². The number of aromatic amines is 2. The van der Waals surface area contributed by atoms with Crippen LogP contribution in [-0.4, -0.2) is 231 Å². The lowest BCUT2D eigenvalue weighted by molar-refractivity contribution is -0.142. The third-order valence-corrected chi connectivity index (χ3v) is 19.5. The van der Waals surface area contributed by atoms with E-state index in [-0.39, 0.29) is 82.9 Å². The highest BCUT2D eigenvalue weighted by Crippen LogP contribution is 2.23. The van der Waals surface area contributed by atoms with Crippen molar-refractivity contribution in [3.63, 3.8) is 0 Å². The van der Waals surface area contributed by atoms with Crippen molar-refractivity contribution >= 4 is 122 Å². The quantitative estimate of drug-likeness (QED) is 0.0119. The fourth-order valence-corrected chi connectivity index (χ4v) is 12.9. The summed E-state index contributed by atoms with van der Waals surface area (Å²) in [6, 6.07) is -1.72. The number of unbranched alkanes of at least 4 members (excludes halogenated alkanes) is 1. The Bertz CT molecular complexity index is 4100. The molecular weight excluding hydrogens is 1490 g/mol. The fraction of sp³-hybridized carbons (Fsp3) is 0.566. The molecule has 26 N–H and O–H groups in total. The van der Waals surface area contributed by atoms with Crippen LogP contribution in [0, 0.1) is 17.8 Å². The second kappa shape index (κ2) is 46.4. The number of benzene rings is 2. The van der Waals surface area contributed by atoms with E-state index in [2.05, 4.69) is 78.8 Å². The number of rotatable bonds is 49. The molecule has 39 nitrogen and oxygen atoms in total. The molecular formula is C76H115N21O18. The van der Waals surface area contributed by atoms with Gasteiger partial charge in [0.25, 0.3) is 0 Å². The highest BCUT2D eigenvalue weighted by atomic mass is 16.4. The molecule has 2 aromatic heterocycles. The molecule has 1 aliphatic rings. The number of carboxylic acids is 2. The van der Waals surface area contributed by atoms with Gasteiger partial charge in [-0.2, -0.15) is 0 Å². The number of aliphatic carboxylic acids is 2. The zero-order valence-electron chi connectivity index (χ0n) is 66.3. The number of aromatic nitrogens is 2. The van der Waals surface area contributed by atoms with Gasteiger partial charge < -0.3 is 118 Å². The first-order chi connectivity index (χ1) is 54.4. The number of hydrogen-bond acceptors (Lipinski definition) is 19. The van der Waals surface area contributed by atoms with Gasteiger partial charge in [-0.15, -0.1) is 0 Å². The summed E-state index contributed by atoms with van der Waals surface area (Å²) in [6.07, 6.45) is 2.79. The first-order valence-electron chi connectivity index (χ1n) is 38.6. The Morgan fingerprint density at radius 2 is 1.02 bits per heavy atom. The van der Waals surface area contributed by atoms with Crippen molar-refractivity contribution in [1.82, 2.24) is 78.7 Å². The number of primary amides is 1. The number of nitrogens with two attached hydrogens (primary N) is 5. The number of para-hydroxylation sites is 2. The van der Waals surface area contributed by atoms with Crippen molar-refractivity contribution < 1.29 is 86.9 Å². The Morgan fingerprint density at radius 3 is 1.57 bits per heavy atom. The van der Waals surface area contributed by atoms with E-state index < -0.39 is 211 Å². The molecule has 1 fully saturated rings. The molecule has 1 aliphatic heterocycles. The van der Waals surface area contributed by atoms with Crippen LogP contribution in [0.15, 0.2) is 65.9 Å². The van der Waals surface area contributed by atoms with Gasteiger partial charge in [0.15, 0.2) is 5.96 Å². The molecule has 115 heavy (non-hydrogen) atoms. The third kappa shape index (κ3) is 30.3. The number of guanidine groups is 1. The number of carboxylic acid groups (broad SMARTS) is 2. The lowest BCUT2D eigenvalue weighted by atomic mass is 9.96. The lowest BCUT2D eigenvalue weighted by Crippen LogP contribution is -2.60. The van der Waals surface area contributed by atoms with E-state index in [1.165, 1.54) is 18.7 Å². The molecule has 13 atom stereocenters. The van der Waals surface area contributed by atoms with Gasteiger partial charge in [-0.05, 0) is 132 Å². The van der Waals surface area contributed by atoms with Crippen molar-refractivity contribution in [2.24, 2.45) is 51.4 Å². The summed E-state index contributed by atoms with van der Waals surface area (Å²) in [6.45, 7) is 11.5. The Labute approximate surface area is 665 Å². The summed E-state index contributed by atoms with van der Waals surface area (Å²) < 4.78 is 0. The molecule has 2 aromatic carbocycles. The summed E-state index contributed by atoms with van der Waals surface area (Å²) in [7, 11) is 0. The number of carbonyl (C=O) groups excluding carboxylic acids is 14. The van der Waals surface area contributed by atoms with E-state index in [1.807, 2.05) is 24.3 Å². The Balaban J connectivity index is 1.21. The zero-order chi connectivity index (χ0) is 85.3. The largest absolute Gasteiger partial charge is 0.481 e. The van der Waals surface area contributed by atoms with E-state index in [0.29, 0.717) is 42.1 Å². The monoisotopic (exact) mass is 1610 g/mol. The normalized spacial score (nSPS) is 15.7. The van der Waals surface area contributed by atoms with E-state index in [0.717, 1.165) is 16.5 Å². The number of fused-ring (bicyclic) bond motifs is 2. The minimum atomic E-state index is -1.65. The number of aliphatic imine (C=N–C) groups is 1. The maximum Gasteiger partial charge on any atom is 0.325 e. The first-order valence-corrected chi connectivity index (χ1v) is 38.6. The summed E-state index contributed by atoms with van der Waals surface area (Å²) in [5.74, 6) is -16.2. The summed E-state index contributed by atoms with van der Waals surface area (Å²) in [4.78, 5) is 229. The van der Waals surface area contributed by atoms with Crippen LogP contribution in [0.3, 0.4) is 0 Å². The minimum Gasteiger partial charge on any atom is -0.481 e. The van der Waals surface area contributed by atoms with Gasteiger partial charge in [-0.3, -0.25) is 81.7 Å². The number of nitrogens with one attached hydrogen (secondary N) is 14. The van der Waals surface area contributed by atoms with E-state index in [9.17, 15) is 86.9 Å². The van der Waals surface area contributed by atoms with Crippen molar-refractivity contribution in [2.75, 3.05) is 32.7 Å².